The number of para-hydroxylation sites is 1. The van der Waals surface area contributed by atoms with Crippen LogP contribution in [0.5, 0.6) is 5.75 Å². The van der Waals surface area contributed by atoms with Crippen molar-refractivity contribution in [3.05, 3.63) is 83.7 Å². The fourth-order valence-electron chi connectivity index (χ4n) is 3.29. The van der Waals surface area contributed by atoms with Gasteiger partial charge in [-0.25, -0.2) is 4.68 Å². The molecule has 3 aromatic rings. The van der Waals surface area contributed by atoms with Crippen molar-refractivity contribution >= 4 is 20.1 Å². The van der Waals surface area contributed by atoms with E-state index in [0.29, 0.717) is 8.58 Å². The lowest BCUT2D eigenvalue weighted by Crippen LogP contribution is -2.21. The van der Waals surface area contributed by atoms with E-state index in [0.717, 1.165) is 23.3 Å². The minimum Gasteiger partial charge on any atom is -0.467 e. The van der Waals surface area contributed by atoms with Crippen molar-refractivity contribution in [2.24, 2.45) is 5.10 Å². The fourth-order valence-corrected chi connectivity index (χ4v) is 4.87. The van der Waals surface area contributed by atoms with Crippen molar-refractivity contribution in [2.75, 3.05) is 13.9 Å². The molecule has 0 N–H and O–H groups in total. The second-order valence-electron chi connectivity index (χ2n) is 7.21. The van der Waals surface area contributed by atoms with Gasteiger partial charge in [0.05, 0.1) is 6.21 Å². The van der Waals surface area contributed by atoms with E-state index >= 15 is 0 Å². The van der Waals surface area contributed by atoms with Gasteiger partial charge >= 0.3 is 0 Å². The van der Waals surface area contributed by atoms with Crippen LogP contribution >= 0.6 is 8.58 Å². The summed E-state index contributed by atoms with van der Waals surface area (Å²) >= 11 is 0. The third-order valence-corrected chi connectivity index (χ3v) is 7.02. The zero-order valence-corrected chi connectivity index (χ0v) is 18.6. The maximum Gasteiger partial charge on any atom is 0.188 e. The summed E-state index contributed by atoms with van der Waals surface area (Å²) in [7, 11) is 2.23. The molecule has 29 heavy (non-hydrogen) atoms. The summed E-state index contributed by atoms with van der Waals surface area (Å²) in [6.07, 6.45) is 6.81. The number of aromatic nitrogens is 1. The zero-order chi connectivity index (χ0) is 20.7. The highest BCUT2D eigenvalue weighted by Gasteiger charge is 2.30. The molecule has 5 heteroatoms. The van der Waals surface area contributed by atoms with Gasteiger partial charge in [-0.1, -0.05) is 64.9 Å². The number of methoxy groups -OCH3 is 1. The molecule has 2 unspecified atom stereocenters. The van der Waals surface area contributed by atoms with Crippen LogP contribution in [-0.2, 0) is 9.89 Å². The third-order valence-electron chi connectivity index (χ3n) is 5.12. The van der Waals surface area contributed by atoms with Crippen LogP contribution in [0.4, 0.5) is 0 Å². The lowest BCUT2D eigenvalue weighted by Gasteiger charge is -2.32. The second-order valence-corrected chi connectivity index (χ2v) is 9.10. The standard InChI is InChI=1S/C24H29N2O2P/c1-5-24(3,21-13-10-11-19(2)23(21)28-18-27-4)29-22-14-7-6-12-20(22)17-25-26-15-8-9-16-26/h6-17,29H,5,18H2,1-4H3/b25-17+. The molecular weight excluding hydrogens is 379 g/mol. The van der Waals surface area contributed by atoms with Crippen LogP contribution in [0.1, 0.15) is 37.0 Å². The smallest absolute Gasteiger partial charge is 0.188 e. The first kappa shape index (κ1) is 21.3. The highest BCUT2D eigenvalue weighted by molar-refractivity contribution is 7.48. The Labute approximate surface area is 175 Å². The Hall–Kier alpha value is -2.42. The van der Waals surface area contributed by atoms with Crippen molar-refractivity contribution in [3.8, 4) is 5.75 Å². The Balaban J connectivity index is 1.95. The molecule has 0 amide bonds. The molecule has 0 fully saturated rings. The van der Waals surface area contributed by atoms with Gasteiger partial charge in [0.25, 0.3) is 0 Å². The minimum atomic E-state index is -0.0491. The van der Waals surface area contributed by atoms with Gasteiger partial charge in [0.2, 0.25) is 0 Å². The Morgan fingerprint density at radius 1 is 1.07 bits per heavy atom. The van der Waals surface area contributed by atoms with Crippen LogP contribution < -0.4 is 10.0 Å². The minimum absolute atomic E-state index is 0.0491. The van der Waals surface area contributed by atoms with E-state index in [9.17, 15) is 0 Å². The van der Waals surface area contributed by atoms with E-state index in [1.165, 1.54) is 10.9 Å². The van der Waals surface area contributed by atoms with Crippen LogP contribution in [0.3, 0.4) is 0 Å². The Kier molecular flexibility index (Phi) is 7.24. The predicted octanol–water partition coefficient (Wildman–Crippen LogP) is 5.29. The Morgan fingerprint density at radius 3 is 2.55 bits per heavy atom. The predicted molar refractivity (Wildman–Crippen MR) is 123 cm³/mol. The molecule has 4 nitrogen and oxygen atoms in total. The van der Waals surface area contributed by atoms with Crippen molar-refractivity contribution in [1.29, 1.82) is 0 Å². The van der Waals surface area contributed by atoms with Gasteiger partial charge < -0.3 is 9.47 Å². The molecule has 3 rings (SSSR count). The number of benzene rings is 2. The summed E-state index contributed by atoms with van der Waals surface area (Å²) in [6.45, 7) is 6.90. The second kappa shape index (κ2) is 9.87. The van der Waals surface area contributed by atoms with Crippen LogP contribution in [-0.4, -0.2) is 24.8 Å². The third kappa shape index (κ3) is 5.14. The summed E-state index contributed by atoms with van der Waals surface area (Å²) in [6, 6.07) is 18.8. The molecule has 0 spiro atoms. The lowest BCUT2D eigenvalue weighted by atomic mass is 9.94. The normalized spacial score (nSPS) is 13.9. The average molecular weight is 408 g/mol. The van der Waals surface area contributed by atoms with Crippen LogP contribution in [0.2, 0.25) is 0 Å². The Bertz CT molecular complexity index is 953. The lowest BCUT2D eigenvalue weighted by molar-refractivity contribution is 0.0495. The van der Waals surface area contributed by atoms with Crippen LogP contribution in [0.25, 0.3) is 0 Å². The average Bonchev–Trinajstić information content (AvgIpc) is 3.25. The van der Waals surface area contributed by atoms with Gasteiger partial charge in [-0.15, -0.1) is 0 Å². The van der Waals surface area contributed by atoms with Crippen molar-refractivity contribution in [2.45, 2.75) is 32.3 Å². The highest BCUT2D eigenvalue weighted by Crippen LogP contribution is 2.48. The van der Waals surface area contributed by atoms with E-state index in [2.05, 4.69) is 68.3 Å². The first-order chi connectivity index (χ1) is 14.1. The molecule has 2 aromatic carbocycles. The van der Waals surface area contributed by atoms with Gasteiger partial charge in [0, 0.05) is 35.8 Å². The molecule has 0 aliphatic heterocycles. The van der Waals surface area contributed by atoms with Gasteiger partial charge in [-0.05, 0) is 36.3 Å². The van der Waals surface area contributed by atoms with Gasteiger partial charge in [0.1, 0.15) is 5.75 Å². The number of nitrogens with zero attached hydrogens (tertiary/aromatic N) is 2. The molecule has 0 radical (unpaired) electrons. The monoisotopic (exact) mass is 408 g/mol. The highest BCUT2D eigenvalue weighted by atomic mass is 31.1. The first-order valence-electron chi connectivity index (χ1n) is 9.84. The summed E-state index contributed by atoms with van der Waals surface area (Å²) < 4.78 is 13.0. The summed E-state index contributed by atoms with van der Waals surface area (Å²) in [5.74, 6) is 0.935. The van der Waals surface area contributed by atoms with Crippen molar-refractivity contribution in [1.82, 2.24) is 4.68 Å². The first-order valence-corrected chi connectivity index (χ1v) is 10.8. The van der Waals surface area contributed by atoms with Gasteiger partial charge in [-0.3, -0.25) is 0 Å². The summed E-state index contributed by atoms with van der Waals surface area (Å²) in [5, 5.41) is 5.80. The maximum absolute atomic E-state index is 5.98. The number of ether oxygens (including phenoxy) is 2. The summed E-state index contributed by atoms with van der Waals surface area (Å²) in [5.41, 5.74) is 3.50. The number of hydrogen-bond donors (Lipinski definition) is 0. The number of hydrogen-bond acceptors (Lipinski definition) is 3. The molecule has 0 aliphatic carbocycles. The van der Waals surface area contributed by atoms with Gasteiger partial charge in [0.15, 0.2) is 6.79 Å². The van der Waals surface area contributed by atoms with E-state index in [1.807, 2.05) is 35.4 Å². The zero-order valence-electron chi connectivity index (χ0n) is 17.6. The SMILES string of the molecule is CCC(C)(Pc1ccccc1/C=N/n1cccc1)c1cccc(C)c1OCOC. The van der Waals surface area contributed by atoms with E-state index in [-0.39, 0.29) is 11.9 Å². The van der Waals surface area contributed by atoms with Gasteiger partial charge in [-0.2, -0.15) is 5.10 Å². The van der Waals surface area contributed by atoms with E-state index in [4.69, 9.17) is 9.47 Å². The Morgan fingerprint density at radius 2 is 1.83 bits per heavy atom. The molecular formula is C24H29N2O2P. The summed E-state index contributed by atoms with van der Waals surface area (Å²) in [4.78, 5) is 0. The fraction of sp³-hybridized carbons (Fsp3) is 0.292. The molecule has 1 aromatic heterocycles. The molecule has 0 saturated carbocycles. The van der Waals surface area contributed by atoms with Crippen LogP contribution in [0.15, 0.2) is 72.1 Å². The molecule has 2 atom stereocenters. The number of aryl methyl sites for hydroxylation is 1. The quantitative estimate of drug-likeness (QED) is 0.274. The topological polar surface area (TPSA) is 35.8 Å². The largest absolute Gasteiger partial charge is 0.467 e. The molecule has 152 valence electrons. The maximum atomic E-state index is 5.98. The molecule has 0 saturated heterocycles. The van der Waals surface area contributed by atoms with E-state index in [1.54, 1.807) is 7.11 Å². The van der Waals surface area contributed by atoms with Crippen molar-refractivity contribution in [3.63, 3.8) is 0 Å². The van der Waals surface area contributed by atoms with E-state index < -0.39 is 0 Å². The number of rotatable bonds is 9. The molecule has 0 bridgehead atoms. The van der Waals surface area contributed by atoms with Crippen molar-refractivity contribution < 1.29 is 9.47 Å². The molecule has 0 aliphatic rings. The van der Waals surface area contributed by atoms with Crippen LogP contribution in [0, 0.1) is 6.92 Å². The molecule has 1 heterocycles.